The number of nitriles is 3. The number of phenolic OH excluding ortho intramolecular Hbond substituents is 3. The van der Waals surface area contributed by atoms with Gasteiger partial charge in [0, 0.05) is 113 Å². The fourth-order valence-corrected chi connectivity index (χ4v) is 18.5. The molecule has 15 rings (SSSR count). The van der Waals surface area contributed by atoms with Crippen LogP contribution in [-0.4, -0.2) is 170 Å². The fourth-order valence-electron chi connectivity index (χ4n) is 16.4. The molecule has 135 heavy (non-hydrogen) atoms. The molecule has 0 unspecified atom stereocenters. The maximum absolute atomic E-state index is 15.4. The van der Waals surface area contributed by atoms with Crippen LogP contribution in [0.5, 0.6) is 17.2 Å². The Morgan fingerprint density at radius 1 is 0.378 bits per heavy atom. The lowest BCUT2D eigenvalue weighted by atomic mass is 10.0. The lowest BCUT2D eigenvalue weighted by Gasteiger charge is -2.36. The first-order valence-electron chi connectivity index (χ1n) is 41.1. The van der Waals surface area contributed by atoms with E-state index in [1.807, 2.05) is 59.8 Å². The Labute approximate surface area is 810 Å². The zero-order chi connectivity index (χ0) is 98.7. The molecule has 3 fully saturated rings. The second kappa shape index (κ2) is 40.1. The topological polar surface area (TPSA) is 346 Å². The average molecular weight is 2020 g/mol. The zero-order valence-electron chi connectivity index (χ0n) is 72.8. The molecule has 3 aromatic carbocycles. The number of hydrogen-bond acceptors (Lipinski definition) is 21. The van der Waals surface area contributed by atoms with Crippen molar-refractivity contribution in [1.29, 1.82) is 15.8 Å². The van der Waals surface area contributed by atoms with Crippen LogP contribution in [0.4, 0.5) is 43.4 Å². The number of nitrogens with zero attached hydrogens (tertiary/aromatic N) is 18. The van der Waals surface area contributed by atoms with E-state index in [1.54, 1.807) is 87.0 Å². The number of pyridine rings is 9. The number of aryl methyl sites for hydroxylation is 3. The smallest absolute Gasteiger partial charge is 0.276 e. The Kier molecular flexibility index (Phi) is 29.6. The SMILES string of the molecule is C=CC(=O)N1CCN(c2c(C#N)c(=O)n(-c3c(C)ccnc3C(C)C)c3nc(-c4c(F)c(O)c(F)c(Cl)c4Cl)c(Cl)cc23)CC1.C=CC(=O)N1CCN(c2c(C#N)c(=O)n(-c3c(C)ccnc3C(C)C)c3nc(-c4c(F)c(O)c(F)c(Cl)c4Cl)c(Cl)cc23)CC1.C=CC(=O)N1CCN(c2c(C#N)c(=O)n(-c3c(C)ccnc3C(C)C)c3nc(-c4c(F)c(O)c(F)c(Cl)c4Cl)c(Cl)cc23)CC1. The van der Waals surface area contributed by atoms with E-state index in [2.05, 4.69) is 49.6 Å². The van der Waals surface area contributed by atoms with Crippen LogP contribution in [0.1, 0.15) is 110 Å². The van der Waals surface area contributed by atoms with Gasteiger partial charge in [-0.3, -0.25) is 57.4 Å². The van der Waals surface area contributed by atoms with E-state index in [9.17, 15) is 73.0 Å². The molecule has 42 heteroatoms. The van der Waals surface area contributed by atoms with Crippen LogP contribution in [0.3, 0.4) is 0 Å². The molecule has 3 saturated heterocycles. The number of halogens is 15. The van der Waals surface area contributed by atoms with Gasteiger partial charge in [-0.05, 0) is 110 Å². The van der Waals surface area contributed by atoms with Crippen molar-refractivity contribution in [2.24, 2.45) is 0 Å². The van der Waals surface area contributed by atoms with Crippen molar-refractivity contribution in [2.75, 3.05) is 93.2 Å². The fraction of sp³-hybridized carbons (Fsp3) is 0.258. The summed E-state index contributed by atoms with van der Waals surface area (Å²) >= 11 is 56.8. The number of anilines is 3. The summed E-state index contributed by atoms with van der Waals surface area (Å²) in [5, 5.41) is 57.7. The van der Waals surface area contributed by atoms with Crippen LogP contribution in [0.15, 0.2) is 107 Å². The number of amides is 3. The molecule has 0 bridgehead atoms. The van der Waals surface area contributed by atoms with Gasteiger partial charge in [0.2, 0.25) is 17.7 Å². The van der Waals surface area contributed by atoms with Crippen LogP contribution in [0.2, 0.25) is 45.2 Å². The van der Waals surface area contributed by atoms with E-state index in [4.69, 9.17) is 104 Å². The summed E-state index contributed by atoms with van der Waals surface area (Å²) in [4.78, 5) is 117. The number of piperazine rings is 3. The third kappa shape index (κ3) is 17.8. The summed E-state index contributed by atoms with van der Waals surface area (Å²) < 4.78 is 93.1. The minimum atomic E-state index is -1.46. The molecule has 27 nitrogen and oxygen atoms in total. The number of carbonyl (C=O) groups is 3. The zero-order valence-corrected chi connectivity index (χ0v) is 79.6. The monoisotopic (exact) mass is 2020 g/mol. The van der Waals surface area contributed by atoms with E-state index >= 15 is 13.2 Å². The predicted octanol–water partition coefficient (Wildman–Crippen LogP) is 19.6. The van der Waals surface area contributed by atoms with Crippen molar-refractivity contribution in [3.8, 4) is 86.3 Å². The van der Waals surface area contributed by atoms with Gasteiger partial charge in [0.05, 0.1) is 130 Å². The molecule has 0 atom stereocenters. The molecule has 0 radical (unpaired) electrons. The third-order valence-electron chi connectivity index (χ3n) is 23.0. The van der Waals surface area contributed by atoms with Crippen LogP contribution >= 0.6 is 104 Å². The maximum atomic E-state index is 15.4. The number of hydrogen-bond donors (Lipinski definition) is 3. The van der Waals surface area contributed by atoms with Crippen LogP contribution in [0, 0.1) is 89.7 Å². The van der Waals surface area contributed by atoms with Crippen molar-refractivity contribution in [3.05, 3.63) is 255 Å². The second-order valence-electron chi connectivity index (χ2n) is 32.0. The summed E-state index contributed by atoms with van der Waals surface area (Å²) in [6, 6.07) is 15.4. The molecule has 9 aromatic heterocycles. The maximum Gasteiger partial charge on any atom is 0.276 e. The van der Waals surface area contributed by atoms with E-state index in [1.165, 1.54) is 50.1 Å². The number of fused-ring (bicyclic) bond motifs is 3. The minimum absolute atomic E-state index is 0.0357. The van der Waals surface area contributed by atoms with Gasteiger partial charge in [0.25, 0.3) is 16.7 Å². The van der Waals surface area contributed by atoms with Crippen molar-refractivity contribution in [2.45, 2.75) is 80.1 Å². The van der Waals surface area contributed by atoms with Gasteiger partial charge in [-0.25, -0.2) is 41.3 Å². The molecule has 3 amide bonds. The summed E-state index contributed by atoms with van der Waals surface area (Å²) in [5.41, 5.74) is -0.428. The summed E-state index contributed by atoms with van der Waals surface area (Å²) in [7, 11) is 0. The van der Waals surface area contributed by atoms with Crippen molar-refractivity contribution in [3.63, 3.8) is 0 Å². The van der Waals surface area contributed by atoms with Crippen molar-refractivity contribution < 1.29 is 56.0 Å². The molecule has 0 aliphatic carbocycles. The number of benzene rings is 3. The number of rotatable bonds is 15. The first-order chi connectivity index (χ1) is 64.0. The van der Waals surface area contributed by atoms with Gasteiger partial charge in [-0.15, -0.1) is 0 Å². The Balaban J connectivity index is 0.000000171. The van der Waals surface area contributed by atoms with Crippen LogP contribution in [-0.2, 0) is 14.4 Å². The molecule has 696 valence electrons. The van der Waals surface area contributed by atoms with E-state index in [0.717, 1.165) is 0 Å². The number of aromatic hydroxyl groups is 3. The number of aromatic nitrogens is 9. The normalized spacial score (nSPS) is 13.4. The lowest BCUT2D eigenvalue weighted by molar-refractivity contribution is -0.127. The Bertz CT molecular complexity index is 6650. The highest BCUT2D eigenvalue weighted by atomic mass is 35.5. The highest BCUT2D eigenvalue weighted by Crippen LogP contribution is 2.51. The Morgan fingerprint density at radius 3 is 0.800 bits per heavy atom. The van der Waals surface area contributed by atoms with Gasteiger partial charge in [-0.1, -0.05) is 166 Å². The third-order valence-corrected chi connectivity index (χ3v) is 26.4. The molecule has 3 aliphatic heterocycles. The highest BCUT2D eigenvalue weighted by Gasteiger charge is 2.38. The van der Waals surface area contributed by atoms with Crippen LogP contribution < -0.4 is 31.4 Å². The summed E-state index contributed by atoms with van der Waals surface area (Å²) in [5.74, 6) is -14.2. The molecule has 3 N–H and O–H groups in total. The average Bonchev–Trinajstić information content (AvgIpc) is 0.728. The van der Waals surface area contributed by atoms with Gasteiger partial charge < -0.3 is 44.7 Å². The van der Waals surface area contributed by atoms with Crippen molar-refractivity contribution >= 4 is 172 Å². The quantitative estimate of drug-likeness (QED) is 0.0371. The first-order valence-corrected chi connectivity index (χ1v) is 44.5. The summed E-state index contributed by atoms with van der Waals surface area (Å²) in [6.07, 6.45) is 8.43. The first kappa shape index (κ1) is 99.7. The Hall–Kier alpha value is -12.7. The van der Waals surface area contributed by atoms with Gasteiger partial charge in [0.15, 0.2) is 52.2 Å². The van der Waals surface area contributed by atoms with E-state index in [0.29, 0.717) is 50.8 Å². The standard InChI is InChI=1S/3C31H25Cl3F2N6O3/c3*1-5-19(43)40-8-10-41(11-9-40)28-16-12-18(32)26(20-21(33)22(34)24(36)29(44)23(20)35)39-30(16)42(31(45)17(28)13-37)27-15(4)6-7-38-25(27)14(2)3/h3*5-7,12,14,44H,1,8-11H2,2-4H3. The lowest BCUT2D eigenvalue weighted by Crippen LogP contribution is -2.49. The Morgan fingerprint density at radius 2 is 0.600 bits per heavy atom. The largest absolute Gasteiger partial charge is 0.503 e. The highest BCUT2D eigenvalue weighted by molar-refractivity contribution is 6.46. The van der Waals surface area contributed by atoms with Crippen molar-refractivity contribution in [1.82, 2.24) is 58.3 Å². The van der Waals surface area contributed by atoms with Crippen LogP contribution in [0.25, 0.3) is 83.9 Å². The molecule has 0 saturated carbocycles. The number of carbonyl (C=O) groups excluding carboxylic acids is 3. The predicted molar refractivity (Wildman–Crippen MR) is 509 cm³/mol. The molecular weight excluding hydrogens is 1950 g/mol. The van der Waals surface area contributed by atoms with E-state index in [-0.39, 0.29) is 213 Å². The van der Waals surface area contributed by atoms with Gasteiger partial charge >= 0.3 is 0 Å². The van der Waals surface area contributed by atoms with Gasteiger partial charge in [0.1, 0.15) is 51.8 Å². The van der Waals surface area contributed by atoms with Gasteiger partial charge in [-0.2, -0.15) is 15.8 Å². The molecular formula is C93H75Cl9F6N18O9. The summed E-state index contributed by atoms with van der Waals surface area (Å²) in [6.45, 7) is 30.5. The molecule has 0 spiro atoms. The molecule has 12 aromatic rings. The second-order valence-corrected chi connectivity index (χ2v) is 35.5. The molecule has 12 heterocycles. The number of phenols is 3. The molecule has 3 aliphatic rings. The minimum Gasteiger partial charge on any atom is -0.503 e. The van der Waals surface area contributed by atoms with E-state index < -0.39 is 116 Å².